The van der Waals surface area contributed by atoms with Crippen molar-refractivity contribution in [2.45, 2.75) is 72.3 Å². The number of hydrogen-bond donors (Lipinski definition) is 2. The Morgan fingerprint density at radius 2 is 1.05 bits per heavy atom. The minimum Gasteiger partial charge on any atom is -0.479 e. The van der Waals surface area contributed by atoms with Crippen LogP contribution in [0.3, 0.4) is 0 Å². The summed E-state index contributed by atoms with van der Waals surface area (Å²) in [5.41, 5.74) is -1.58. The zero-order chi connectivity index (χ0) is 17.9. The van der Waals surface area contributed by atoms with Crippen LogP contribution < -0.4 is 0 Å². The van der Waals surface area contributed by atoms with Gasteiger partial charge in [0.05, 0.1) is 0 Å². The second kappa shape index (κ2) is 11.8. The van der Waals surface area contributed by atoms with Gasteiger partial charge in [0.2, 0.25) is 0 Å². The van der Waals surface area contributed by atoms with Crippen molar-refractivity contribution in [1.29, 1.82) is 0 Å². The Kier molecular flexibility index (Phi) is 12.6. The number of carboxylic acids is 1. The molecule has 0 fully saturated rings. The van der Waals surface area contributed by atoms with Crippen molar-refractivity contribution in [1.82, 2.24) is 0 Å². The molecule has 0 aliphatic carbocycles. The molecular formula is C14H30O8. The fraction of sp³-hybridized carbons (Fsp3) is 0.929. The molecule has 2 N–H and O–H groups in total. The van der Waals surface area contributed by atoms with Crippen molar-refractivity contribution >= 4 is 5.97 Å². The third-order valence-corrected chi connectivity index (χ3v) is 2.34. The second-order valence-electron chi connectivity index (χ2n) is 5.01. The summed E-state index contributed by atoms with van der Waals surface area (Å²) in [7, 11) is 3.15. The fourth-order valence-electron chi connectivity index (χ4n) is 0.985. The first-order chi connectivity index (χ1) is 9.93. The molecule has 0 aliphatic heterocycles. The number of rotatable bonds is 9. The first kappa shape index (κ1) is 23.5. The quantitative estimate of drug-likeness (QED) is 0.615. The standard InChI is InChI=1S/C10H22O5.C4H8O3/c1-7(11-5)13-9(3)15-10(4)14-8(2)12-6;1-4(2,7)3(5)6/h7-10H,1-6H3;7H,1-2H3,(H,5,6). The first-order valence-corrected chi connectivity index (χ1v) is 6.91. The van der Waals surface area contributed by atoms with Gasteiger partial charge in [-0.25, -0.2) is 4.79 Å². The van der Waals surface area contributed by atoms with Crippen molar-refractivity contribution in [2.24, 2.45) is 0 Å². The van der Waals surface area contributed by atoms with Crippen molar-refractivity contribution in [3.8, 4) is 0 Å². The van der Waals surface area contributed by atoms with Crippen LogP contribution in [0.4, 0.5) is 0 Å². The average Bonchev–Trinajstić information content (AvgIpc) is 2.37. The van der Waals surface area contributed by atoms with Crippen LogP contribution in [-0.4, -0.2) is 61.2 Å². The molecule has 0 bridgehead atoms. The van der Waals surface area contributed by atoms with E-state index in [2.05, 4.69) is 0 Å². The Morgan fingerprint density at radius 1 is 0.818 bits per heavy atom. The Bertz CT molecular complexity index is 273. The molecule has 0 aromatic rings. The molecule has 0 aromatic carbocycles. The molecule has 0 amide bonds. The van der Waals surface area contributed by atoms with Crippen molar-refractivity contribution < 1.29 is 38.7 Å². The molecule has 0 radical (unpaired) electrons. The van der Waals surface area contributed by atoms with Crippen LogP contribution in [0.15, 0.2) is 0 Å². The second-order valence-corrected chi connectivity index (χ2v) is 5.01. The first-order valence-electron chi connectivity index (χ1n) is 6.91. The number of aliphatic hydroxyl groups is 1. The van der Waals surface area contributed by atoms with Crippen molar-refractivity contribution in [3.05, 3.63) is 0 Å². The fourth-order valence-corrected chi connectivity index (χ4v) is 0.985. The Hall–Kier alpha value is -0.770. The van der Waals surface area contributed by atoms with Crippen LogP contribution in [0.5, 0.6) is 0 Å². The highest BCUT2D eigenvalue weighted by atomic mass is 16.8. The molecule has 0 spiro atoms. The molecule has 22 heavy (non-hydrogen) atoms. The van der Waals surface area contributed by atoms with Crippen LogP contribution in [0.1, 0.15) is 41.5 Å². The van der Waals surface area contributed by atoms with E-state index in [0.29, 0.717) is 0 Å². The van der Waals surface area contributed by atoms with Crippen molar-refractivity contribution in [2.75, 3.05) is 14.2 Å². The summed E-state index contributed by atoms with van der Waals surface area (Å²) in [4.78, 5) is 9.77. The lowest BCUT2D eigenvalue weighted by Crippen LogP contribution is -2.30. The van der Waals surface area contributed by atoms with Crippen LogP contribution in [0, 0.1) is 0 Å². The van der Waals surface area contributed by atoms with Gasteiger partial charge in [0.1, 0.15) is 0 Å². The zero-order valence-corrected chi connectivity index (χ0v) is 14.7. The molecule has 0 saturated carbocycles. The molecule has 0 rings (SSSR count). The van der Waals surface area contributed by atoms with E-state index in [9.17, 15) is 4.79 Å². The molecule has 0 aliphatic rings. The van der Waals surface area contributed by atoms with E-state index in [1.54, 1.807) is 41.9 Å². The molecular weight excluding hydrogens is 296 g/mol. The Balaban J connectivity index is 0. The summed E-state index contributed by atoms with van der Waals surface area (Å²) in [5.74, 6) is -1.20. The number of aliphatic carboxylic acids is 1. The van der Waals surface area contributed by atoms with Gasteiger partial charge >= 0.3 is 5.97 Å². The van der Waals surface area contributed by atoms with Gasteiger partial charge in [0, 0.05) is 14.2 Å². The molecule has 134 valence electrons. The van der Waals surface area contributed by atoms with Gasteiger partial charge in [-0.1, -0.05) is 0 Å². The predicted molar refractivity (Wildman–Crippen MR) is 79.1 cm³/mol. The minimum atomic E-state index is -1.58. The summed E-state index contributed by atoms with van der Waals surface area (Å²) >= 11 is 0. The van der Waals surface area contributed by atoms with Gasteiger partial charge in [-0.3, -0.25) is 0 Å². The van der Waals surface area contributed by atoms with Gasteiger partial charge in [-0.05, 0) is 41.5 Å². The van der Waals surface area contributed by atoms with E-state index < -0.39 is 11.6 Å². The summed E-state index contributed by atoms with van der Waals surface area (Å²) in [6.07, 6.45) is -1.38. The van der Waals surface area contributed by atoms with Crippen molar-refractivity contribution in [3.63, 3.8) is 0 Å². The SMILES string of the molecule is CC(C)(O)C(=O)O.COC(C)OC(C)OC(C)OC(C)OC. The molecule has 0 heterocycles. The summed E-state index contributed by atoms with van der Waals surface area (Å²) < 4.78 is 25.9. The Morgan fingerprint density at radius 3 is 1.23 bits per heavy atom. The minimum absolute atomic E-state index is 0.299. The third-order valence-electron chi connectivity index (χ3n) is 2.34. The van der Waals surface area contributed by atoms with Gasteiger partial charge in [0.15, 0.2) is 30.8 Å². The number of hydrogen-bond acceptors (Lipinski definition) is 7. The van der Waals surface area contributed by atoms with E-state index in [1.807, 2.05) is 0 Å². The lowest BCUT2D eigenvalue weighted by Gasteiger charge is -2.23. The van der Waals surface area contributed by atoms with E-state index in [1.165, 1.54) is 13.8 Å². The van der Waals surface area contributed by atoms with Crippen LogP contribution in [0.25, 0.3) is 0 Å². The molecule has 8 nitrogen and oxygen atoms in total. The van der Waals surface area contributed by atoms with E-state index in [0.717, 1.165) is 0 Å². The topological polar surface area (TPSA) is 104 Å². The lowest BCUT2D eigenvalue weighted by molar-refractivity contribution is -0.300. The van der Waals surface area contributed by atoms with Gasteiger partial charge < -0.3 is 33.9 Å². The molecule has 4 atom stereocenters. The summed E-state index contributed by atoms with van der Waals surface area (Å²) in [6, 6.07) is 0. The summed E-state index contributed by atoms with van der Waals surface area (Å²) in [6.45, 7) is 9.59. The maximum atomic E-state index is 9.77. The van der Waals surface area contributed by atoms with Gasteiger partial charge in [0.25, 0.3) is 0 Å². The lowest BCUT2D eigenvalue weighted by atomic mass is 10.1. The number of methoxy groups -OCH3 is 2. The monoisotopic (exact) mass is 326 g/mol. The van der Waals surface area contributed by atoms with E-state index in [4.69, 9.17) is 33.9 Å². The Labute approximate surface area is 132 Å². The maximum absolute atomic E-state index is 9.77. The van der Waals surface area contributed by atoms with Gasteiger partial charge in [-0.2, -0.15) is 0 Å². The van der Waals surface area contributed by atoms with E-state index >= 15 is 0 Å². The average molecular weight is 326 g/mol. The van der Waals surface area contributed by atoms with Crippen LogP contribution >= 0.6 is 0 Å². The summed E-state index contributed by atoms with van der Waals surface area (Å²) in [5, 5.41) is 16.5. The smallest absolute Gasteiger partial charge is 0.335 e. The highest BCUT2D eigenvalue weighted by molar-refractivity contribution is 5.75. The molecule has 0 aromatic heterocycles. The van der Waals surface area contributed by atoms with E-state index in [-0.39, 0.29) is 25.2 Å². The van der Waals surface area contributed by atoms with Crippen LogP contribution in [0.2, 0.25) is 0 Å². The zero-order valence-electron chi connectivity index (χ0n) is 14.7. The highest BCUT2D eigenvalue weighted by Gasteiger charge is 2.21. The third kappa shape index (κ3) is 14.2. The maximum Gasteiger partial charge on any atom is 0.335 e. The van der Waals surface area contributed by atoms with Crippen LogP contribution in [-0.2, 0) is 28.5 Å². The normalized spacial score (nSPS) is 17.0. The number of ether oxygens (including phenoxy) is 5. The molecule has 8 heteroatoms. The number of carboxylic acid groups (broad SMARTS) is 1. The molecule has 0 saturated heterocycles. The highest BCUT2D eigenvalue weighted by Crippen LogP contribution is 2.07. The largest absolute Gasteiger partial charge is 0.479 e. The van der Waals surface area contributed by atoms with Gasteiger partial charge in [-0.15, -0.1) is 0 Å². The predicted octanol–water partition coefficient (Wildman–Crippen LogP) is 1.55. The number of carbonyl (C=O) groups is 1. The molecule has 4 unspecified atom stereocenters.